The van der Waals surface area contributed by atoms with Crippen LogP contribution in [0.5, 0.6) is 5.75 Å². The molecule has 0 amide bonds. The largest absolute Gasteiger partial charge is 0.497 e. The van der Waals surface area contributed by atoms with Crippen molar-refractivity contribution in [2.75, 3.05) is 7.11 Å². The van der Waals surface area contributed by atoms with Crippen LogP contribution in [0.15, 0.2) is 42.5 Å². The van der Waals surface area contributed by atoms with Gasteiger partial charge in [-0.3, -0.25) is 0 Å². The van der Waals surface area contributed by atoms with Crippen LogP contribution >= 0.6 is 15.9 Å². The monoisotopic (exact) mass is 316 g/mol. The molecule has 98 valence electrons. The third kappa shape index (κ3) is 2.55. The second-order valence-corrected chi connectivity index (χ2v) is 5.93. The fourth-order valence-electron chi connectivity index (χ4n) is 2.71. The lowest BCUT2D eigenvalue weighted by Gasteiger charge is -2.13. The predicted molar refractivity (Wildman–Crippen MR) is 82.2 cm³/mol. The maximum Gasteiger partial charge on any atom is 0.118 e. The maximum absolute atomic E-state index is 5.20. The van der Waals surface area contributed by atoms with E-state index in [1.807, 2.05) is 12.1 Å². The molecule has 0 bridgehead atoms. The van der Waals surface area contributed by atoms with Gasteiger partial charge in [0.2, 0.25) is 0 Å². The maximum atomic E-state index is 5.20. The van der Waals surface area contributed by atoms with Gasteiger partial charge in [-0.15, -0.1) is 0 Å². The average molecular weight is 317 g/mol. The Kier molecular flexibility index (Phi) is 3.61. The molecule has 2 aromatic rings. The normalized spacial score (nSPS) is 15.1. The molecule has 0 aliphatic heterocycles. The first kappa shape index (κ1) is 12.7. The molecule has 0 spiro atoms. The highest BCUT2D eigenvalue weighted by molar-refractivity contribution is 9.09. The Morgan fingerprint density at radius 1 is 0.947 bits per heavy atom. The van der Waals surface area contributed by atoms with Crippen molar-refractivity contribution in [3.05, 3.63) is 64.7 Å². The van der Waals surface area contributed by atoms with E-state index < -0.39 is 0 Å². The predicted octanol–water partition coefficient (Wildman–Crippen LogP) is 4.67. The molecule has 1 aliphatic carbocycles. The van der Waals surface area contributed by atoms with Gasteiger partial charge in [-0.25, -0.2) is 0 Å². The topological polar surface area (TPSA) is 9.23 Å². The molecular formula is C17H17BrO. The third-order valence-corrected chi connectivity index (χ3v) is 4.88. The van der Waals surface area contributed by atoms with E-state index >= 15 is 0 Å². The summed E-state index contributed by atoms with van der Waals surface area (Å²) in [5.41, 5.74) is 5.65. The first-order valence-electron chi connectivity index (χ1n) is 6.67. The van der Waals surface area contributed by atoms with Crippen LogP contribution in [-0.4, -0.2) is 7.11 Å². The first-order chi connectivity index (χ1) is 9.28. The molecule has 0 aromatic heterocycles. The molecule has 1 unspecified atom stereocenters. The Balaban J connectivity index is 1.88. The van der Waals surface area contributed by atoms with Crippen LogP contribution in [0.4, 0.5) is 0 Å². The summed E-state index contributed by atoms with van der Waals surface area (Å²) in [4.78, 5) is 0.254. The number of halogens is 1. The van der Waals surface area contributed by atoms with Crippen LogP contribution < -0.4 is 4.74 Å². The summed E-state index contributed by atoms with van der Waals surface area (Å²) < 4.78 is 5.20. The summed E-state index contributed by atoms with van der Waals surface area (Å²) in [6.07, 6.45) is 3.77. The molecule has 0 radical (unpaired) electrons. The fraction of sp³-hybridized carbons (Fsp3) is 0.294. The Labute approximate surface area is 122 Å². The standard InChI is InChI=1S/C17H17BrO/c1-19-16-9-7-13(8-10-16)17(18)15-6-5-12-3-2-4-14(12)11-15/h5-11,17H,2-4H2,1H3. The van der Waals surface area contributed by atoms with E-state index in [0.717, 1.165) is 5.75 Å². The molecule has 0 heterocycles. The van der Waals surface area contributed by atoms with Crippen LogP contribution in [0.1, 0.15) is 33.5 Å². The molecule has 0 saturated carbocycles. The van der Waals surface area contributed by atoms with E-state index in [1.54, 1.807) is 7.11 Å². The molecule has 0 fully saturated rings. The second-order valence-electron chi connectivity index (χ2n) is 5.02. The van der Waals surface area contributed by atoms with Gasteiger partial charge in [0.1, 0.15) is 5.75 Å². The number of benzene rings is 2. The highest BCUT2D eigenvalue weighted by Crippen LogP contribution is 2.34. The summed E-state index contributed by atoms with van der Waals surface area (Å²) >= 11 is 3.81. The summed E-state index contributed by atoms with van der Waals surface area (Å²) in [5.74, 6) is 0.900. The van der Waals surface area contributed by atoms with E-state index in [-0.39, 0.29) is 4.83 Å². The lowest BCUT2D eigenvalue weighted by atomic mass is 10.0. The van der Waals surface area contributed by atoms with Crippen LogP contribution in [0.3, 0.4) is 0 Å². The van der Waals surface area contributed by atoms with Crippen LogP contribution in [0, 0.1) is 0 Å². The number of alkyl halides is 1. The van der Waals surface area contributed by atoms with Gasteiger partial charge in [-0.1, -0.05) is 46.3 Å². The molecule has 1 aliphatic rings. The molecule has 0 saturated heterocycles. The van der Waals surface area contributed by atoms with Gasteiger partial charge < -0.3 is 4.74 Å². The Bertz CT molecular complexity index is 574. The number of ether oxygens (including phenoxy) is 1. The molecule has 2 aromatic carbocycles. The minimum Gasteiger partial charge on any atom is -0.497 e. The molecule has 1 atom stereocenters. The summed E-state index contributed by atoms with van der Waals surface area (Å²) in [6.45, 7) is 0. The lowest BCUT2D eigenvalue weighted by Crippen LogP contribution is -1.95. The number of methoxy groups -OCH3 is 1. The van der Waals surface area contributed by atoms with Crippen molar-refractivity contribution in [1.82, 2.24) is 0 Å². The molecular weight excluding hydrogens is 300 g/mol. The van der Waals surface area contributed by atoms with E-state index in [0.29, 0.717) is 0 Å². The second kappa shape index (κ2) is 5.38. The first-order valence-corrected chi connectivity index (χ1v) is 7.59. The van der Waals surface area contributed by atoms with Gasteiger partial charge in [0.05, 0.1) is 11.9 Å². The van der Waals surface area contributed by atoms with Crippen molar-refractivity contribution in [3.63, 3.8) is 0 Å². The zero-order valence-electron chi connectivity index (χ0n) is 11.0. The summed E-state index contributed by atoms with van der Waals surface area (Å²) in [6, 6.07) is 15.1. The summed E-state index contributed by atoms with van der Waals surface area (Å²) in [5, 5.41) is 0. The number of aryl methyl sites for hydroxylation is 2. The van der Waals surface area contributed by atoms with Gasteiger partial charge in [0.15, 0.2) is 0 Å². The van der Waals surface area contributed by atoms with E-state index in [2.05, 4.69) is 46.3 Å². The summed E-state index contributed by atoms with van der Waals surface area (Å²) in [7, 11) is 1.70. The van der Waals surface area contributed by atoms with Gasteiger partial charge in [0, 0.05) is 0 Å². The lowest BCUT2D eigenvalue weighted by molar-refractivity contribution is 0.414. The Morgan fingerprint density at radius 2 is 1.63 bits per heavy atom. The van der Waals surface area contributed by atoms with Gasteiger partial charge >= 0.3 is 0 Å². The molecule has 1 nitrogen and oxygen atoms in total. The van der Waals surface area contributed by atoms with E-state index in [1.165, 1.54) is 41.5 Å². The highest BCUT2D eigenvalue weighted by atomic mass is 79.9. The van der Waals surface area contributed by atoms with Crippen molar-refractivity contribution in [2.24, 2.45) is 0 Å². The minimum atomic E-state index is 0.254. The molecule has 0 N–H and O–H groups in total. The van der Waals surface area contributed by atoms with Crippen molar-refractivity contribution in [1.29, 1.82) is 0 Å². The fourth-order valence-corrected chi connectivity index (χ4v) is 3.30. The van der Waals surface area contributed by atoms with Crippen molar-refractivity contribution >= 4 is 15.9 Å². The average Bonchev–Trinajstić information content (AvgIpc) is 2.94. The number of hydrogen-bond acceptors (Lipinski definition) is 1. The van der Waals surface area contributed by atoms with E-state index in [4.69, 9.17) is 4.74 Å². The third-order valence-electron chi connectivity index (χ3n) is 3.82. The molecule has 2 heteroatoms. The van der Waals surface area contributed by atoms with Crippen LogP contribution in [0.2, 0.25) is 0 Å². The number of hydrogen-bond donors (Lipinski definition) is 0. The van der Waals surface area contributed by atoms with Gasteiger partial charge in [-0.2, -0.15) is 0 Å². The molecule has 3 rings (SSSR count). The van der Waals surface area contributed by atoms with E-state index in [9.17, 15) is 0 Å². The SMILES string of the molecule is COc1ccc(C(Br)c2ccc3c(c2)CCC3)cc1. The smallest absolute Gasteiger partial charge is 0.118 e. The van der Waals surface area contributed by atoms with Gasteiger partial charge in [0.25, 0.3) is 0 Å². The number of rotatable bonds is 3. The minimum absolute atomic E-state index is 0.254. The van der Waals surface area contributed by atoms with Crippen LogP contribution in [-0.2, 0) is 12.8 Å². The Hall–Kier alpha value is -1.28. The number of fused-ring (bicyclic) bond motifs is 1. The van der Waals surface area contributed by atoms with Crippen molar-refractivity contribution in [2.45, 2.75) is 24.1 Å². The van der Waals surface area contributed by atoms with Crippen molar-refractivity contribution in [3.8, 4) is 5.75 Å². The van der Waals surface area contributed by atoms with Gasteiger partial charge in [-0.05, 0) is 53.6 Å². The quantitative estimate of drug-likeness (QED) is 0.748. The molecule has 19 heavy (non-hydrogen) atoms. The highest BCUT2D eigenvalue weighted by Gasteiger charge is 2.15. The van der Waals surface area contributed by atoms with Crippen molar-refractivity contribution < 1.29 is 4.74 Å². The zero-order valence-corrected chi connectivity index (χ0v) is 12.6. The Morgan fingerprint density at radius 3 is 2.37 bits per heavy atom. The zero-order chi connectivity index (χ0) is 13.2. The van der Waals surface area contributed by atoms with Crippen LogP contribution in [0.25, 0.3) is 0 Å².